The van der Waals surface area contributed by atoms with E-state index in [0.29, 0.717) is 6.54 Å². The Morgan fingerprint density at radius 3 is 2.69 bits per heavy atom. The molecule has 96 valence electrons. The maximum Gasteiger partial charge on any atom is 0.0736 e. The molecule has 1 heterocycles. The molecule has 3 atom stereocenters. The fourth-order valence-corrected chi connectivity index (χ4v) is 2.58. The highest BCUT2D eigenvalue weighted by atomic mass is 16.5. The fraction of sp³-hybridized carbons (Fsp3) is 1.00. The highest BCUT2D eigenvalue weighted by Gasteiger charge is 2.36. The number of hydrogen-bond donors (Lipinski definition) is 1. The molecule has 1 aliphatic rings. The Morgan fingerprint density at radius 1 is 1.44 bits per heavy atom. The maximum absolute atomic E-state index is 5.98. The van der Waals surface area contributed by atoms with E-state index in [-0.39, 0.29) is 11.6 Å². The van der Waals surface area contributed by atoms with Gasteiger partial charge < -0.3 is 10.5 Å². The zero-order valence-corrected chi connectivity index (χ0v) is 11.3. The SMILES string of the molecule is COC(C)C(C)(CN)N1CCCC(C)CC1. The molecule has 1 fully saturated rings. The number of rotatable bonds is 4. The molecule has 1 saturated heterocycles. The van der Waals surface area contributed by atoms with E-state index in [9.17, 15) is 0 Å². The monoisotopic (exact) mass is 228 g/mol. The van der Waals surface area contributed by atoms with E-state index >= 15 is 0 Å². The van der Waals surface area contributed by atoms with Gasteiger partial charge in [-0.2, -0.15) is 0 Å². The molecular weight excluding hydrogens is 200 g/mol. The molecule has 0 aromatic heterocycles. The topological polar surface area (TPSA) is 38.5 Å². The molecule has 1 aliphatic heterocycles. The minimum absolute atomic E-state index is 0.0151. The fourth-order valence-electron chi connectivity index (χ4n) is 2.58. The van der Waals surface area contributed by atoms with Crippen molar-refractivity contribution in [1.29, 1.82) is 0 Å². The third-order valence-electron chi connectivity index (χ3n) is 4.38. The van der Waals surface area contributed by atoms with Crippen LogP contribution in [0.2, 0.25) is 0 Å². The van der Waals surface area contributed by atoms with Crippen LogP contribution in [0.4, 0.5) is 0 Å². The predicted molar refractivity (Wildman–Crippen MR) is 68.5 cm³/mol. The van der Waals surface area contributed by atoms with Crippen molar-refractivity contribution in [2.75, 3.05) is 26.7 Å². The molecule has 0 spiro atoms. The van der Waals surface area contributed by atoms with E-state index in [2.05, 4.69) is 25.7 Å². The summed E-state index contributed by atoms with van der Waals surface area (Å²) in [4.78, 5) is 2.53. The van der Waals surface area contributed by atoms with Crippen molar-refractivity contribution in [2.45, 2.75) is 51.7 Å². The lowest BCUT2D eigenvalue weighted by Gasteiger charge is -2.43. The average Bonchev–Trinajstić information content (AvgIpc) is 2.52. The molecule has 3 nitrogen and oxygen atoms in total. The first-order chi connectivity index (χ1) is 7.54. The van der Waals surface area contributed by atoms with Crippen molar-refractivity contribution in [2.24, 2.45) is 11.7 Å². The smallest absolute Gasteiger partial charge is 0.0736 e. The number of nitrogens with zero attached hydrogens (tertiary/aromatic N) is 1. The standard InChI is InChI=1S/C13H28N2O/c1-11-6-5-8-15(9-7-11)13(3,10-14)12(2)16-4/h11-12H,5-10,14H2,1-4H3. The van der Waals surface area contributed by atoms with Gasteiger partial charge in [0.15, 0.2) is 0 Å². The molecule has 0 amide bonds. The van der Waals surface area contributed by atoms with E-state index in [0.717, 1.165) is 19.0 Å². The van der Waals surface area contributed by atoms with Gasteiger partial charge in [-0.3, -0.25) is 4.90 Å². The first-order valence-corrected chi connectivity index (χ1v) is 6.52. The maximum atomic E-state index is 5.98. The molecule has 3 heteroatoms. The third kappa shape index (κ3) is 2.96. The van der Waals surface area contributed by atoms with Gasteiger partial charge in [0.2, 0.25) is 0 Å². The van der Waals surface area contributed by atoms with E-state index in [1.807, 2.05) is 0 Å². The summed E-state index contributed by atoms with van der Waals surface area (Å²) in [5, 5.41) is 0. The first kappa shape index (κ1) is 13.9. The quantitative estimate of drug-likeness (QED) is 0.798. The third-order valence-corrected chi connectivity index (χ3v) is 4.38. The van der Waals surface area contributed by atoms with Crippen LogP contribution in [0.5, 0.6) is 0 Å². The van der Waals surface area contributed by atoms with Gasteiger partial charge in [-0.1, -0.05) is 6.92 Å². The summed E-state index contributed by atoms with van der Waals surface area (Å²) < 4.78 is 5.51. The minimum Gasteiger partial charge on any atom is -0.380 e. The molecule has 0 aromatic carbocycles. The normalized spacial score (nSPS) is 29.4. The Morgan fingerprint density at radius 2 is 2.12 bits per heavy atom. The Kier molecular flexibility index (Phi) is 5.22. The lowest BCUT2D eigenvalue weighted by molar-refractivity contribution is -0.0301. The molecule has 2 N–H and O–H groups in total. The van der Waals surface area contributed by atoms with Crippen LogP contribution in [0.3, 0.4) is 0 Å². The molecule has 0 bridgehead atoms. The zero-order valence-electron chi connectivity index (χ0n) is 11.3. The van der Waals surface area contributed by atoms with Crippen LogP contribution in [-0.2, 0) is 4.74 Å². The van der Waals surface area contributed by atoms with Gasteiger partial charge >= 0.3 is 0 Å². The zero-order chi connectivity index (χ0) is 12.2. The van der Waals surface area contributed by atoms with Crippen molar-refractivity contribution in [3.8, 4) is 0 Å². The number of likely N-dealkylation sites (tertiary alicyclic amines) is 1. The van der Waals surface area contributed by atoms with Crippen LogP contribution in [0, 0.1) is 5.92 Å². The number of ether oxygens (including phenoxy) is 1. The summed E-state index contributed by atoms with van der Waals surface area (Å²) in [5.41, 5.74) is 5.96. The highest BCUT2D eigenvalue weighted by Crippen LogP contribution is 2.26. The Labute approximate surface area is 100 Å². The van der Waals surface area contributed by atoms with Crippen molar-refractivity contribution in [1.82, 2.24) is 4.90 Å². The number of nitrogens with two attached hydrogens (primary N) is 1. The van der Waals surface area contributed by atoms with Crippen LogP contribution in [-0.4, -0.2) is 43.3 Å². The van der Waals surface area contributed by atoms with Gasteiger partial charge in [0.05, 0.1) is 11.6 Å². The molecule has 16 heavy (non-hydrogen) atoms. The van der Waals surface area contributed by atoms with Gasteiger partial charge in [-0.15, -0.1) is 0 Å². The van der Waals surface area contributed by atoms with Gasteiger partial charge in [-0.05, 0) is 52.1 Å². The summed E-state index contributed by atoms with van der Waals surface area (Å²) in [6, 6.07) is 0. The predicted octanol–water partition coefficient (Wildman–Crippen LogP) is 1.86. The second kappa shape index (κ2) is 5.99. The molecular formula is C13H28N2O. The molecule has 1 rings (SSSR count). The molecule has 0 saturated carbocycles. The van der Waals surface area contributed by atoms with Crippen LogP contribution in [0.15, 0.2) is 0 Å². The van der Waals surface area contributed by atoms with Gasteiger partial charge in [0.1, 0.15) is 0 Å². The molecule has 0 aromatic rings. The molecule has 0 aliphatic carbocycles. The van der Waals surface area contributed by atoms with E-state index in [1.54, 1.807) is 7.11 Å². The largest absolute Gasteiger partial charge is 0.380 e. The van der Waals surface area contributed by atoms with Crippen molar-refractivity contribution in [3.05, 3.63) is 0 Å². The van der Waals surface area contributed by atoms with Crippen LogP contribution < -0.4 is 5.73 Å². The van der Waals surface area contributed by atoms with Crippen molar-refractivity contribution < 1.29 is 4.74 Å². The van der Waals surface area contributed by atoms with Crippen LogP contribution in [0.25, 0.3) is 0 Å². The Hall–Kier alpha value is -0.120. The van der Waals surface area contributed by atoms with Crippen molar-refractivity contribution in [3.63, 3.8) is 0 Å². The second-order valence-electron chi connectivity index (χ2n) is 5.46. The van der Waals surface area contributed by atoms with Gasteiger partial charge in [0.25, 0.3) is 0 Å². The first-order valence-electron chi connectivity index (χ1n) is 6.52. The van der Waals surface area contributed by atoms with Crippen molar-refractivity contribution >= 4 is 0 Å². The van der Waals surface area contributed by atoms with Gasteiger partial charge in [-0.25, -0.2) is 0 Å². The lowest BCUT2D eigenvalue weighted by atomic mass is 9.93. The van der Waals surface area contributed by atoms with Gasteiger partial charge in [0, 0.05) is 13.7 Å². The minimum atomic E-state index is -0.0151. The summed E-state index contributed by atoms with van der Waals surface area (Å²) in [5.74, 6) is 0.852. The van der Waals surface area contributed by atoms with E-state index in [4.69, 9.17) is 10.5 Å². The van der Waals surface area contributed by atoms with E-state index < -0.39 is 0 Å². The average molecular weight is 228 g/mol. The van der Waals surface area contributed by atoms with Crippen LogP contribution in [0.1, 0.15) is 40.0 Å². The summed E-state index contributed by atoms with van der Waals surface area (Å²) in [6.07, 6.45) is 4.10. The Bertz CT molecular complexity index is 210. The van der Waals surface area contributed by atoms with Crippen LogP contribution >= 0.6 is 0 Å². The lowest BCUT2D eigenvalue weighted by Crippen LogP contribution is -2.59. The highest BCUT2D eigenvalue weighted by molar-refractivity contribution is 4.93. The number of methoxy groups -OCH3 is 1. The summed E-state index contributed by atoms with van der Waals surface area (Å²) in [6.45, 7) is 9.69. The molecule has 3 unspecified atom stereocenters. The summed E-state index contributed by atoms with van der Waals surface area (Å²) in [7, 11) is 1.78. The Balaban J connectivity index is 2.71. The summed E-state index contributed by atoms with van der Waals surface area (Å²) >= 11 is 0. The molecule has 0 radical (unpaired) electrons. The second-order valence-corrected chi connectivity index (χ2v) is 5.46. The number of hydrogen-bond acceptors (Lipinski definition) is 3. The van der Waals surface area contributed by atoms with E-state index in [1.165, 1.54) is 19.3 Å².